The van der Waals surface area contributed by atoms with Gasteiger partial charge in [-0.25, -0.2) is 19.7 Å². The quantitative estimate of drug-likeness (QED) is 0.298. The second-order valence-electron chi connectivity index (χ2n) is 12.7. The molecule has 5 atom stereocenters. The Morgan fingerprint density at radius 1 is 1.13 bits per heavy atom. The van der Waals surface area contributed by atoms with Crippen molar-refractivity contribution in [3.8, 4) is 0 Å². The number of anilines is 1. The number of nitrogens with one attached hydrogen (secondary N) is 2. The average Bonchev–Trinajstić information content (AvgIpc) is 3.57. The highest BCUT2D eigenvalue weighted by atomic mass is 28.4. The third-order valence-electron chi connectivity index (χ3n) is 8.45. The third-order valence-corrected chi connectivity index (χ3v) is 13.0. The van der Waals surface area contributed by atoms with E-state index in [2.05, 4.69) is 59.5 Å². The first-order valence-corrected chi connectivity index (χ1v) is 17.9. The molecule has 1 aromatic carbocycles. The summed E-state index contributed by atoms with van der Waals surface area (Å²) in [6.07, 6.45) is 3.43. The molecule has 4 heterocycles. The van der Waals surface area contributed by atoms with Gasteiger partial charge in [0.1, 0.15) is 18.5 Å². The third kappa shape index (κ3) is 7.07. The number of aromatic nitrogens is 4. The molecule has 2 N–H and O–H groups in total. The van der Waals surface area contributed by atoms with Crippen LogP contribution in [0, 0.1) is 0 Å². The Morgan fingerprint density at radius 3 is 2.62 bits per heavy atom. The SMILES string of the molecule is C[C@@H]1NC(=O)CC/C=C/O[C@@H]2[C@H](OC1=O)[C@@H](CO[Si](C)(C)C(C)(C)C)O[C@H]2n1cnc2c(NC(=O)c3ccccc3)ncnc21. The predicted molar refractivity (Wildman–Crippen MR) is 168 cm³/mol. The maximum atomic E-state index is 13.2. The molecule has 0 bridgehead atoms. The topological polar surface area (TPSA) is 156 Å². The second-order valence-corrected chi connectivity index (χ2v) is 17.5. The molecule has 13 nitrogen and oxygen atoms in total. The van der Waals surface area contributed by atoms with Gasteiger partial charge in [0.25, 0.3) is 5.91 Å². The Kier molecular flexibility index (Phi) is 9.37. The molecule has 1 saturated heterocycles. The van der Waals surface area contributed by atoms with Crippen LogP contribution in [0.1, 0.15) is 57.1 Å². The maximum Gasteiger partial charge on any atom is 0.328 e. The number of nitrogens with zero attached hydrogens (tertiary/aromatic N) is 4. The van der Waals surface area contributed by atoms with E-state index in [4.69, 9.17) is 18.6 Å². The number of rotatable bonds is 6. The predicted octanol–water partition coefficient (Wildman–Crippen LogP) is 4.11. The van der Waals surface area contributed by atoms with Gasteiger partial charge < -0.3 is 29.3 Å². The van der Waals surface area contributed by atoms with Gasteiger partial charge in [-0.05, 0) is 49.7 Å². The number of fused-ring (bicyclic) bond motifs is 2. The van der Waals surface area contributed by atoms with Gasteiger partial charge in [0.05, 0.1) is 19.2 Å². The number of benzene rings is 1. The molecule has 2 aromatic heterocycles. The molecule has 5 rings (SSSR count). The molecule has 3 aromatic rings. The van der Waals surface area contributed by atoms with Crippen LogP contribution < -0.4 is 10.6 Å². The summed E-state index contributed by atoms with van der Waals surface area (Å²) in [5.74, 6) is -0.988. The Balaban J connectivity index is 1.50. The lowest BCUT2D eigenvalue weighted by atomic mass is 10.1. The minimum Gasteiger partial charge on any atom is -0.490 e. The van der Waals surface area contributed by atoms with Crippen LogP contribution in [0.4, 0.5) is 5.82 Å². The van der Waals surface area contributed by atoms with Gasteiger partial charge in [-0.2, -0.15) is 0 Å². The van der Waals surface area contributed by atoms with Gasteiger partial charge in [0.15, 0.2) is 43.7 Å². The van der Waals surface area contributed by atoms with Crippen LogP contribution in [0.25, 0.3) is 11.2 Å². The van der Waals surface area contributed by atoms with Gasteiger partial charge in [0, 0.05) is 12.0 Å². The number of carbonyl (C=O) groups excluding carboxylic acids is 3. The summed E-state index contributed by atoms with van der Waals surface area (Å²) in [4.78, 5) is 51.6. The Hall–Kier alpha value is -4.14. The first kappa shape index (κ1) is 32.3. The molecule has 2 aliphatic heterocycles. The molecule has 0 radical (unpaired) electrons. The smallest absolute Gasteiger partial charge is 0.328 e. The maximum absolute atomic E-state index is 13.2. The van der Waals surface area contributed by atoms with Crippen molar-refractivity contribution in [1.82, 2.24) is 24.8 Å². The summed E-state index contributed by atoms with van der Waals surface area (Å²) in [5.41, 5.74) is 1.20. The van der Waals surface area contributed by atoms with Crippen LogP contribution in [0.2, 0.25) is 18.1 Å². The number of hydrogen-bond acceptors (Lipinski definition) is 10. The van der Waals surface area contributed by atoms with Crippen molar-refractivity contribution in [2.45, 2.75) is 89.3 Å². The van der Waals surface area contributed by atoms with Crippen LogP contribution in [-0.4, -0.2) is 76.6 Å². The molecule has 14 heteroatoms. The molecule has 2 aliphatic rings. The molecule has 0 unspecified atom stereocenters. The van der Waals surface area contributed by atoms with Crippen LogP contribution in [-0.2, 0) is 28.2 Å². The Bertz CT molecular complexity index is 1570. The zero-order chi connectivity index (χ0) is 32.4. The Morgan fingerprint density at radius 2 is 1.89 bits per heavy atom. The van der Waals surface area contributed by atoms with E-state index in [1.54, 1.807) is 41.8 Å². The monoisotopic (exact) mass is 636 g/mol. The van der Waals surface area contributed by atoms with E-state index in [1.165, 1.54) is 18.9 Å². The molecular weight excluding hydrogens is 596 g/mol. The molecule has 2 amide bonds. The molecular formula is C31H40N6O7Si. The lowest BCUT2D eigenvalue weighted by Crippen LogP contribution is -2.48. The lowest BCUT2D eigenvalue weighted by molar-refractivity contribution is -0.159. The largest absolute Gasteiger partial charge is 0.490 e. The Labute approximate surface area is 262 Å². The summed E-state index contributed by atoms with van der Waals surface area (Å²) in [6.45, 7) is 12.4. The van der Waals surface area contributed by atoms with Gasteiger partial charge in [-0.15, -0.1) is 0 Å². The molecule has 0 saturated carbocycles. The van der Waals surface area contributed by atoms with Crippen LogP contribution in [0.3, 0.4) is 0 Å². The van der Waals surface area contributed by atoms with E-state index in [1.807, 2.05) is 6.07 Å². The highest BCUT2D eigenvalue weighted by Gasteiger charge is 2.51. The van der Waals surface area contributed by atoms with Crippen LogP contribution >= 0.6 is 0 Å². The molecule has 0 spiro atoms. The van der Waals surface area contributed by atoms with E-state index in [0.717, 1.165) is 0 Å². The number of ether oxygens (including phenoxy) is 3. The zero-order valence-corrected chi connectivity index (χ0v) is 27.4. The van der Waals surface area contributed by atoms with Crippen LogP contribution in [0.5, 0.6) is 0 Å². The van der Waals surface area contributed by atoms with Gasteiger partial charge >= 0.3 is 5.97 Å². The molecule has 240 valence electrons. The normalized spacial score (nSPS) is 25.2. The average molecular weight is 637 g/mol. The number of imidazole rings is 1. The van der Waals surface area contributed by atoms with Crippen LogP contribution in [0.15, 0.2) is 55.3 Å². The molecule has 0 aliphatic carbocycles. The number of carbonyl (C=O) groups is 3. The number of allylic oxidation sites excluding steroid dienone is 1. The van der Waals surface area contributed by atoms with Gasteiger partial charge in [0.2, 0.25) is 5.91 Å². The fourth-order valence-electron chi connectivity index (χ4n) is 4.80. The van der Waals surface area contributed by atoms with E-state index in [-0.39, 0.29) is 35.7 Å². The summed E-state index contributed by atoms with van der Waals surface area (Å²) in [5, 5.41) is 5.44. The van der Waals surface area contributed by atoms with Crippen molar-refractivity contribution in [3.05, 3.63) is 60.9 Å². The zero-order valence-electron chi connectivity index (χ0n) is 26.4. The first-order valence-electron chi connectivity index (χ1n) is 15.0. The standard InChI is InChI=1S/C31H40N6O7Si/c1-19-30(40)44-24-21(16-42-45(5,6)31(2,3)4)43-29(25(24)41-15-11-10-14-22(38)35-19)37-18-34-23-26(32-17-33-27(23)37)36-28(39)20-12-8-7-9-13-20/h7-9,11-13,15,17-19,21,24-25,29H,10,14,16H2,1-6H3,(H,35,38)(H,32,33,36,39)/b15-11+/t19-,21+,24+,25+,29+/m0/s1. The number of amides is 2. The van der Waals surface area contributed by atoms with Gasteiger partial charge in [-0.3, -0.25) is 14.2 Å². The van der Waals surface area contributed by atoms with Crippen molar-refractivity contribution < 1.29 is 33.0 Å². The van der Waals surface area contributed by atoms with E-state index >= 15 is 0 Å². The van der Waals surface area contributed by atoms with Crippen molar-refractivity contribution in [2.24, 2.45) is 0 Å². The highest BCUT2D eigenvalue weighted by Crippen LogP contribution is 2.40. The fraction of sp³-hybridized carbons (Fsp3) is 0.484. The fourth-order valence-corrected chi connectivity index (χ4v) is 5.81. The lowest BCUT2D eigenvalue weighted by Gasteiger charge is -2.37. The second kappa shape index (κ2) is 13.1. The van der Waals surface area contributed by atoms with Crippen molar-refractivity contribution in [3.63, 3.8) is 0 Å². The summed E-state index contributed by atoms with van der Waals surface area (Å²) < 4.78 is 27.0. The van der Waals surface area contributed by atoms with Crippen molar-refractivity contribution >= 4 is 43.1 Å². The summed E-state index contributed by atoms with van der Waals surface area (Å²) >= 11 is 0. The first-order chi connectivity index (χ1) is 21.4. The summed E-state index contributed by atoms with van der Waals surface area (Å²) in [7, 11) is -2.22. The molecule has 1 fully saturated rings. The minimum absolute atomic E-state index is 0.0658. The number of esters is 1. The van der Waals surface area contributed by atoms with E-state index in [9.17, 15) is 14.4 Å². The summed E-state index contributed by atoms with van der Waals surface area (Å²) in [6, 6.07) is 7.91. The minimum atomic E-state index is -2.22. The van der Waals surface area contributed by atoms with Crippen molar-refractivity contribution in [1.29, 1.82) is 0 Å². The van der Waals surface area contributed by atoms with Gasteiger partial charge in [-0.1, -0.05) is 39.0 Å². The van der Waals surface area contributed by atoms with Crippen molar-refractivity contribution in [2.75, 3.05) is 11.9 Å². The highest BCUT2D eigenvalue weighted by molar-refractivity contribution is 6.74. The molecule has 45 heavy (non-hydrogen) atoms. The van der Waals surface area contributed by atoms with E-state index < -0.39 is 44.9 Å². The van der Waals surface area contributed by atoms with E-state index in [0.29, 0.717) is 23.1 Å². The number of hydrogen-bond donors (Lipinski definition) is 2.